The lowest BCUT2D eigenvalue weighted by Crippen LogP contribution is -2.24. The summed E-state index contributed by atoms with van der Waals surface area (Å²) in [7, 11) is 1.82. The minimum Gasteiger partial charge on any atom is -0.319 e. The molecule has 0 saturated heterocycles. The molecule has 0 aliphatic carbocycles. The predicted molar refractivity (Wildman–Crippen MR) is 49.5 cm³/mol. The molecule has 4 nitrogen and oxygen atoms in total. The monoisotopic (exact) mass is 179 g/mol. The van der Waals surface area contributed by atoms with Crippen molar-refractivity contribution < 1.29 is 4.79 Å². The Morgan fingerprint density at radius 1 is 1.62 bits per heavy atom. The van der Waals surface area contributed by atoms with Gasteiger partial charge >= 0.3 is 0 Å². The second-order valence-corrected chi connectivity index (χ2v) is 2.91. The summed E-state index contributed by atoms with van der Waals surface area (Å²) in [4.78, 5) is 19.4. The fourth-order valence-corrected chi connectivity index (χ4v) is 1.08. The van der Waals surface area contributed by atoms with Gasteiger partial charge in [0.05, 0.1) is 6.20 Å². The molecule has 1 heterocycles. The van der Waals surface area contributed by atoms with Crippen molar-refractivity contribution in [2.75, 3.05) is 13.6 Å². The molecule has 1 N–H and O–H groups in total. The molecule has 70 valence electrons. The van der Waals surface area contributed by atoms with Crippen molar-refractivity contribution in [1.82, 2.24) is 15.3 Å². The van der Waals surface area contributed by atoms with Crippen LogP contribution in [0, 0.1) is 5.92 Å². The summed E-state index contributed by atoms with van der Waals surface area (Å²) in [5.74, 6) is -0.0239. The van der Waals surface area contributed by atoms with Crippen LogP contribution in [-0.2, 0) is 0 Å². The molecular weight excluding hydrogens is 166 g/mol. The highest BCUT2D eigenvalue weighted by Gasteiger charge is 2.14. The Morgan fingerprint density at radius 2 is 2.38 bits per heavy atom. The summed E-state index contributed by atoms with van der Waals surface area (Å²) in [6.45, 7) is 2.53. The topological polar surface area (TPSA) is 54.9 Å². The quantitative estimate of drug-likeness (QED) is 0.684. The molecule has 1 rings (SSSR count). The molecule has 0 aliphatic heterocycles. The van der Waals surface area contributed by atoms with Crippen LogP contribution in [0.1, 0.15) is 17.4 Å². The Labute approximate surface area is 77.4 Å². The van der Waals surface area contributed by atoms with Crippen molar-refractivity contribution in [3.05, 3.63) is 24.3 Å². The predicted octanol–water partition coefficient (Wildman–Crippen LogP) is 0.515. The van der Waals surface area contributed by atoms with Crippen LogP contribution in [0.15, 0.2) is 18.6 Å². The first-order valence-corrected chi connectivity index (χ1v) is 4.20. The van der Waals surface area contributed by atoms with Crippen molar-refractivity contribution in [3.8, 4) is 0 Å². The average Bonchev–Trinajstić information content (AvgIpc) is 2.18. The second kappa shape index (κ2) is 4.67. The van der Waals surface area contributed by atoms with Crippen LogP contribution >= 0.6 is 0 Å². The van der Waals surface area contributed by atoms with Crippen molar-refractivity contribution >= 4 is 5.78 Å². The first kappa shape index (κ1) is 9.80. The summed E-state index contributed by atoms with van der Waals surface area (Å²) >= 11 is 0. The standard InChI is InChI=1S/C9H13N3O/c1-7(5-10-2)9(13)8-6-11-3-4-12-8/h3-4,6-7,10H,5H2,1-2H3. The first-order chi connectivity index (χ1) is 6.25. The number of Topliss-reactive ketones (excluding diaryl/α,β-unsaturated/α-hetero) is 1. The van der Waals surface area contributed by atoms with Crippen molar-refractivity contribution in [1.29, 1.82) is 0 Å². The van der Waals surface area contributed by atoms with Crippen LogP contribution in [0.5, 0.6) is 0 Å². The Morgan fingerprint density at radius 3 is 2.92 bits per heavy atom. The van der Waals surface area contributed by atoms with Gasteiger partial charge in [0.2, 0.25) is 0 Å². The molecule has 1 aromatic rings. The summed E-state index contributed by atoms with van der Waals surface area (Å²) in [5.41, 5.74) is 0.435. The summed E-state index contributed by atoms with van der Waals surface area (Å²) in [6.07, 6.45) is 4.58. The van der Waals surface area contributed by atoms with Crippen molar-refractivity contribution in [2.45, 2.75) is 6.92 Å². The highest BCUT2D eigenvalue weighted by Crippen LogP contribution is 2.03. The fraction of sp³-hybridized carbons (Fsp3) is 0.444. The Hall–Kier alpha value is -1.29. The number of hydrogen-bond donors (Lipinski definition) is 1. The van der Waals surface area contributed by atoms with Gasteiger partial charge in [0, 0.05) is 24.9 Å². The van der Waals surface area contributed by atoms with E-state index in [1.165, 1.54) is 12.4 Å². The number of rotatable bonds is 4. The van der Waals surface area contributed by atoms with E-state index < -0.39 is 0 Å². The molecule has 4 heteroatoms. The summed E-state index contributed by atoms with van der Waals surface area (Å²) in [6, 6.07) is 0. The van der Waals surface area contributed by atoms with Crippen LogP contribution in [-0.4, -0.2) is 29.3 Å². The largest absolute Gasteiger partial charge is 0.319 e. The van der Waals surface area contributed by atoms with E-state index in [0.29, 0.717) is 12.2 Å². The molecule has 0 fully saturated rings. The van der Waals surface area contributed by atoms with Crippen LogP contribution < -0.4 is 5.32 Å². The summed E-state index contributed by atoms with van der Waals surface area (Å²) in [5, 5.41) is 2.95. The molecule has 0 bridgehead atoms. The van der Waals surface area contributed by atoms with Gasteiger partial charge in [-0.2, -0.15) is 0 Å². The summed E-state index contributed by atoms with van der Waals surface area (Å²) < 4.78 is 0. The maximum absolute atomic E-state index is 11.6. The number of nitrogens with one attached hydrogen (secondary N) is 1. The van der Waals surface area contributed by atoms with Crippen molar-refractivity contribution in [2.24, 2.45) is 5.92 Å². The highest BCUT2D eigenvalue weighted by molar-refractivity contribution is 5.95. The lowest BCUT2D eigenvalue weighted by atomic mass is 10.0. The van der Waals surface area contributed by atoms with Crippen molar-refractivity contribution in [3.63, 3.8) is 0 Å². The van der Waals surface area contributed by atoms with Gasteiger partial charge in [-0.3, -0.25) is 9.78 Å². The third kappa shape index (κ3) is 2.59. The van der Waals surface area contributed by atoms with E-state index in [1.807, 2.05) is 14.0 Å². The maximum atomic E-state index is 11.6. The van der Waals surface area contributed by atoms with E-state index in [4.69, 9.17) is 0 Å². The minimum absolute atomic E-state index is 0.0300. The van der Waals surface area contributed by atoms with E-state index in [1.54, 1.807) is 6.20 Å². The van der Waals surface area contributed by atoms with Gasteiger partial charge in [-0.15, -0.1) is 0 Å². The van der Waals surface area contributed by atoms with Gasteiger partial charge in [-0.25, -0.2) is 4.98 Å². The highest BCUT2D eigenvalue weighted by atomic mass is 16.1. The van der Waals surface area contributed by atoms with Gasteiger partial charge in [0.25, 0.3) is 0 Å². The SMILES string of the molecule is CNCC(C)C(=O)c1cnccn1. The molecule has 0 saturated carbocycles. The zero-order valence-electron chi connectivity index (χ0n) is 7.82. The molecule has 0 aromatic carbocycles. The lowest BCUT2D eigenvalue weighted by molar-refractivity contribution is 0.0924. The zero-order chi connectivity index (χ0) is 9.68. The first-order valence-electron chi connectivity index (χ1n) is 4.20. The fourth-order valence-electron chi connectivity index (χ4n) is 1.08. The molecule has 1 atom stereocenters. The Bertz CT molecular complexity index is 273. The molecule has 0 amide bonds. The smallest absolute Gasteiger partial charge is 0.186 e. The third-order valence-corrected chi connectivity index (χ3v) is 1.77. The van der Waals surface area contributed by atoms with Crippen LogP contribution in [0.25, 0.3) is 0 Å². The minimum atomic E-state index is -0.0540. The van der Waals surface area contributed by atoms with Gasteiger partial charge in [-0.05, 0) is 7.05 Å². The van der Waals surface area contributed by atoms with E-state index in [-0.39, 0.29) is 11.7 Å². The van der Waals surface area contributed by atoms with E-state index >= 15 is 0 Å². The van der Waals surface area contributed by atoms with Crippen LogP contribution in [0.4, 0.5) is 0 Å². The maximum Gasteiger partial charge on any atom is 0.186 e. The van der Waals surface area contributed by atoms with Crippen LogP contribution in [0.3, 0.4) is 0 Å². The Kier molecular flexibility index (Phi) is 3.52. The number of aromatic nitrogens is 2. The number of ketones is 1. The molecule has 0 aliphatic rings. The van der Waals surface area contributed by atoms with E-state index in [0.717, 1.165) is 0 Å². The molecule has 13 heavy (non-hydrogen) atoms. The normalized spacial score (nSPS) is 12.5. The number of carbonyl (C=O) groups is 1. The molecule has 1 unspecified atom stereocenters. The molecule has 0 radical (unpaired) electrons. The number of carbonyl (C=O) groups excluding carboxylic acids is 1. The van der Waals surface area contributed by atoms with Gasteiger partial charge in [-0.1, -0.05) is 6.92 Å². The van der Waals surface area contributed by atoms with Crippen LogP contribution in [0.2, 0.25) is 0 Å². The lowest BCUT2D eigenvalue weighted by Gasteiger charge is -2.07. The molecule has 0 spiro atoms. The van der Waals surface area contributed by atoms with E-state index in [2.05, 4.69) is 15.3 Å². The van der Waals surface area contributed by atoms with Gasteiger partial charge in [0.15, 0.2) is 5.78 Å². The zero-order valence-corrected chi connectivity index (χ0v) is 7.82. The number of hydrogen-bond acceptors (Lipinski definition) is 4. The second-order valence-electron chi connectivity index (χ2n) is 2.91. The number of nitrogens with zero attached hydrogens (tertiary/aromatic N) is 2. The Balaban J connectivity index is 2.68. The molecular formula is C9H13N3O. The van der Waals surface area contributed by atoms with Gasteiger partial charge in [0.1, 0.15) is 5.69 Å². The van der Waals surface area contributed by atoms with E-state index in [9.17, 15) is 4.79 Å². The van der Waals surface area contributed by atoms with Gasteiger partial charge < -0.3 is 5.32 Å². The molecule has 1 aromatic heterocycles. The average molecular weight is 179 g/mol. The third-order valence-electron chi connectivity index (χ3n) is 1.77.